The van der Waals surface area contributed by atoms with Crippen LogP contribution in [0.3, 0.4) is 0 Å². The summed E-state index contributed by atoms with van der Waals surface area (Å²) in [7, 11) is -3.63. The van der Waals surface area contributed by atoms with E-state index in [9.17, 15) is 18.0 Å². The van der Waals surface area contributed by atoms with Gasteiger partial charge in [-0.2, -0.15) is 9.40 Å². The first-order chi connectivity index (χ1) is 10.9. The van der Waals surface area contributed by atoms with Crippen LogP contribution in [0.1, 0.15) is 36.7 Å². The number of aromatic amines is 1. The number of piperidine rings is 1. The number of aromatic nitrogens is 2. The Hall–Kier alpha value is -2.06. The molecule has 8 heteroatoms. The van der Waals surface area contributed by atoms with Gasteiger partial charge in [0.05, 0.1) is 15.8 Å². The maximum atomic E-state index is 12.7. The average molecular weight is 335 g/mol. The number of benzene rings is 1. The Morgan fingerprint density at radius 3 is 2.57 bits per heavy atom. The lowest BCUT2D eigenvalue weighted by Gasteiger charge is -2.25. The van der Waals surface area contributed by atoms with Crippen LogP contribution in [0.25, 0.3) is 10.9 Å². The van der Waals surface area contributed by atoms with Gasteiger partial charge in [0.1, 0.15) is 0 Å². The molecule has 0 bridgehead atoms. The van der Waals surface area contributed by atoms with Gasteiger partial charge in [-0.25, -0.2) is 8.42 Å². The molecule has 1 N–H and O–H groups in total. The second-order valence-electron chi connectivity index (χ2n) is 5.63. The number of nitrogens with one attached hydrogen (secondary N) is 1. The quantitative estimate of drug-likeness (QED) is 0.852. The zero-order chi connectivity index (χ0) is 16.6. The number of Topliss-reactive ketones (excluding diaryl/α,β-unsaturated/α-hetero) is 1. The van der Waals surface area contributed by atoms with E-state index in [2.05, 4.69) is 10.2 Å². The normalized spacial score (nSPS) is 16.6. The third-order valence-corrected chi connectivity index (χ3v) is 5.92. The van der Waals surface area contributed by atoms with Gasteiger partial charge in [-0.1, -0.05) is 6.42 Å². The SMILES string of the molecule is CC(=O)c1n[nH]c2ccc(S(=O)(=O)N3CCCCC3)cc2c1=O. The molecule has 23 heavy (non-hydrogen) atoms. The third kappa shape index (κ3) is 2.79. The molecule has 7 nitrogen and oxygen atoms in total. The predicted molar refractivity (Wildman–Crippen MR) is 85.0 cm³/mol. The van der Waals surface area contributed by atoms with Crippen molar-refractivity contribution in [1.82, 2.24) is 14.5 Å². The highest BCUT2D eigenvalue weighted by Crippen LogP contribution is 2.22. The minimum Gasteiger partial charge on any atom is -0.293 e. The summed E-state index contributed by atoms with van der Waals surface area (Å²) in [5.41, 5.74) is -0.371. The fraction of sp³-hybridized carbons (Fsp3) is 0.400. The molecule has 0 atom stereocenters. The van der Waals surface area contributed by atoms with Gasteiger partial charge in [0.15, 0.2) is 11.5 Å². The molecule has 2 heterocycles. The highest BCUT2D eigenvalue weighted by molar-refractivity contribution is 7.89. The van der Waals surface area contributed by atoms with Crippen LogP contribution in [0.5, 0.6) is 0 Å². The van der Waals surface area contributed by atoms with Crippen molar-refractivity contribution in [1.29, 1.82) is 0 Å². The highest BCUT2D eigenvalue weighted by Gasteiger charge is 2.26. The fourth-order valence-corrected chi connectivity index (χ4v) is 4.30. The number of sulfonamides is 1. The second-order valence-corrected chi connectivity index (χ2v) is 7.57. The number of rotatable bonds is 3. The van der Waals surface area contributed by atoms with E-state index in [0.29, 0.717) is 18.6 Å². The first kappa shape index (κ1) is 15.8. The van der Waals surface area contributed by atoms with Crippen LogP contribution in [0.15, 0.2) is 27.9 Å². The molecule has 1 saturated heterocycles. The highest BCUT2D eigenvalue weighted by atomic mass is 32.2. The van der Waals surface area contributed by atoms with E-state index in [0.717, 1.165) is 19.3 Å². The van der Waals surface area contributed by atoms with Gasteiger partial charge in [-0.3, -0.25) is 14.7 Å². The van der Waals surface area contributed by atoms with Gasteiger partial charge in [0, 0.05) is 20.0 Å². The molecule has 2 aromatic rings. The number of carbonyl (C=O) groups is 1. The predicted octanol–water partition coefficient (Wildman–Crippen LogP) is 1.30. The number of hydrogen-bond acceptors (Lipinski definition) is 5. The van der Waals surface area contributed by atoms with Crippen LogP contribution in [-0.2, 0) is 10.0 Å². The summed E-state index contributed by atoms with van der Waals surface area (Å²) in [6.45, 7) is 2.23. The minimum absolute atomic E-state index is 0.0677. The van der Waals surface area contributed by atoms with Gasteiger partial charge < -0.3 is 0 Å². The molecule has 1 aliphatic rings. The number of H-pyrrole nitrogens is 1. The van der Waals surface area contributed by atoms with Crippen molar-refractivity contribution in [3.63, 3.8) is 0 Å². The topological polar surface area (TPSA) is 100 Å². The largest absolute Gasteiger partial charge is 0.293 e. The molecule has 3 rings (SSSR count). The Morgan fingerprint density at radius 2 is 1.91 bits per heavy atom. The Labute approximate surface area is 133 Å². The zero-order valence-corrected chi connectivity index (χ0v) is 13.5. The molecule has 0 radical (unpaired) electrons. The summed E-state index contributed by atoms with van der Waals surface area (Å²) >= 11 is 0. The summed E-state index contributed by atoms with van der Waals surface area (Å²) in [6.07, 6.45) is 2.70. The molecule has 1 fully saturated rings. The van der Waals surface area contributed by atoms with Crippen molar-refractivity contribution >= 4 is 26.7 Å². The molecule has 0 spiro atoms. The summed E-state index contributed by atoms with van der Waals surface area (Å²) in [5.74, 6) is -0.461. The number of ketones is 1. The number of nitrogens with zero attached hydrogens (tertiary/aromatic N) is 2. The van der Waals surface area contributed by atoms with E-state index >= 15 is 0 Å². The molecular formula is C15H17N3O4S. The van der Waals surface area contributed by atoms with E-state index in [4.69, 9.17) is 0 Å². The Bertz CT molecular complexity index is 927. The average Bonchev–Trinajstić information content (AvgIpc) is 2.55. The Balaban J connectivity index is 2.14. The Morgan fingerprint density at radius 1 is 1.22 bits per heavy atom. The molecule has 1 aliphatic heterocycles. The zero-order valence-electron chi connectivity index (χ0n) is 12.7. The lowest BCUT2D eigenvalue weighted by Crippen LogP contribution is -2.35. The van der Waals surface area contributed by atoms with Crippen molar-refractivity contribution in [2.45, 2.75) is 31.1 Å². The van der Waals surface area contributed by atoms with Crippen molar-refractivity contribution in [3.05, 3.63) is 34.1 Å². The molecule has 0 amide bonds. The van der Waals surface area contributed by atoms with Crippen LogP contribution < -0.4 is 5.43 Å². The lowest BCUT2D eigenvalue weighted by molar-refractivity contribution is 0.101. The molecular weight excluding hydrogens is 318 g/mol. The number of carbonyl (C=O) groups excluding carboxylic acids is 1. The Kier molecular flexibility index (Phi) is 4.03. The molecule has 0 unspecified atom stereocenters. The first-order valence-electron chi connectivity index (χ1n) is 7.45. The molecule has 122 valence electrons. The minimum atomic E-state index is -3.63. The van der Waals surface area contributed by atoms with Crippen LogP contribution in [0.4, 0.5) is 0 Å². The van der Waals surface area contributed by atoms with Crippen LogP contribution in [-0.4, -0.2) is 41.8 Å². The lowest BCUT2D eigenvalue weighted by atomic mass is 10.2. The maximum absolute atomic E-state index is 12.7. The molecule has 1 aromatic heterocycles. The van der Waals surface area contributed by atoms with Crippen molar-refractivity contribution in [3.8, 4) is 0 Å². The van der Waals surface area contributed by atoms with Gasteiger partial charge in [-0.15, -0.1) is 0 Å². The molecule has 1 aromatic carbocycles. The maximum Gasteiger partial charge on any atom is 0.243 e. The van der Waals surface area contributed by atoms with Crippen molar-refractivity contribution in [2.75, 3.05) is 13.1 Å². The fourth-order valence-electron chi connectivity index (χ4n) is 2.76. The van der Waals surface area contributed by atoms with Crippen LogP contribution in [0, 0.1) is 0 Å². The summed E-state index contributed by atoms with van der Waals surface area (Å²) in [4.78, 5) is 23.8. The van der Waals surface area contributed by atoms with Gasteiger partial charge in [0.2, 0.25) is 15.5 Å². The van der Waals surface area contributed by atoms with Gasteiger partial charge in [0.25, 0.3) is 0 Å². The standard InChI is InChI=1S/C15H17N3O4S/c1-10(19)14-15(20)12-9-11(5-6-13(12)16-17-14)23(21,22)18-7-3-2-4-8-18/h5-6,9H,2-4,7-8H2,1H3,(H,16,20). The number of hydrogen-bond donors (Lipinski definition) is 1. The van der Waals surface area contributed by atoms with Crippen molar-refractivity contribution < 1.29 is 13.2 Å². The second kappa shape index (κ2) is 5.86. The van der Waals surface area contributed by atoms with E-state index in [1.54, 1.807) is 0 Å². The number of fused-ring (bicyclic) bond motifs is 1. The molecule has 0 saturated carbocycles. The summed E-state index contributed by atoms with van der Waals surface area (Å²) in [6, 6.07) is 4.29. The summed E-state index contributed by atoms with van der Waals surface area (Å²) in [5, 5.41) is 6.52. The van der Waals surface area contributed by atoms with Gasteiger partial charge >= 0.3 is 0 Å². The third-order valence-electron chi connectivity index (χ3n) is 4.03. The van der Waals surface area contributed by atoms with Gasteiger partial charge in [-0.05, 0) is 31.0 Å². The summed E-state index contributed by atoms with van der Waals surface area (Å²) < 4.78 is 26.8. The van der Waals surface area contributed by atoms with Crippen LogP contribution in [0.2, 0.25) is 0 Å². The first-order valence-corrected chi connectivity index (χ1v) is 8.89. The van der Waals surface area contributed by atoms with E-state index < -0.39 is 21.2 Å². The monoisotopic (exact) mass is 335 g/mol. The van der Waals surface area contributed by atoms with Crippen molar-refractivity contribution in [2.24, 2.45) is 0 Å². The van der Waals surface area contributed by atoms with E-state index in [1.165, 1.54) is 29.4 Å². The van der Waals surface area contributed by atoms with E-state index in [-0.39, 0.29) is 16.0 Å². The van der Waals surface area contributed by atoms with Crippen LogP contribution >= 0.6 is 0 Å². The smallest absolute Gasteiger partial charge is 0.243 e. The molecule has 0 aliphatic carbocycles. The van der Waals surface area contributed by atoms with E-state index in [1.807, 2.05) is 0 Å².